The normalized spacial score (nSPS) is 10.6. The summed E-state index contributed by atoms with van der Waals surface area (Å²) >= 11 is 1.54. The molecule has 0 unspecified atom stereocenters. The van der Waals surface area contributed by atoms with Crippen LogP contribution < -0.4 is 10.6 Å². The fourth-order valence-corrected chi connectivity index (χ4v) is 3.98. The van der Waals surface area contributed by atoms with Gasteiger partial charge in [0.15, 0.2) is 0 Å². The quantitative estimate of drug-likeness (QED) is 0.443. The molecule has 0 spiro atoms. The predicted octanol–water partition coefficient (Wildman–Crippen LogP) is 5.18. The second-order valence-electron chi connectivity index (χ2n) is 7.22. The molecular weight excluding hydrogens is 408 g/mol. The Morgan fingerprint density at radius 3 is 2.55 bits per heavy atom. The van der Waals surface area contributed by atoms with Crippen LogP contribution in [0.4, 0.5) is 11.4 Å². The number of hydrogen-bond donors (Lipinski definition) is 2. The van der Waals surface area contributed by atoms with E-state index < -0.39 is 0 Å². The first-order valence-corrected chi connectivity index (χ1v) is 10.7. The first-order valence-electron chi connectivity index (χ1n) is 9.84. The molecule has 2 amide bonds. The van der Waals surface area contributed by atoms with Gasteiger partial charge in [0, 0.05) is 24.5 Å². The zero-order chi connectivity index (χ0) is 21.8. The smallest absolute Gasteiger partial charge is 0.259 e. The van der Waals surface area contributed by atoms with Gasteiger partial charge in [0.25, 0.3) is 5.91 Å². The zero-order valence-corrected chi connectivity index (χ0v) is 18.1. The highest BCUT2D eigenvalue weighted by Gasteiger charge is 2.19. The van der Waals surface area contributed by atoms with Crippen molar-refractivity contribution in [2.45, 2.75) is 20.4 Å². The molecule has 0 aliphatic heterocycles. The number of carbonyl (C=O) groups excluding carboxylic acids is 2. The van der Waals surface area contributed by atoms with E-state index in [1.165, 1.54) is 6.92 Å². The summed E-state index contributed by atoms with van der Waals surface area (Å²) in [6.45, 7) is 3.93. The number of carbonyl (C=O) groups is 2. The average Bonchev–Trinajstić information content (AvgIpc) is 3.41. The third-order valence-electron chi connectivity index (χ3n) is 4.75. The molecule has 0 atom stereocenters. The number of benzene rings is 2. The number of thiophene rings is 1. The molecule has 0 radical (unpaired) electrons. The van der Waals surface area contributed by atoms with Crippen LogP contribution in [0.5, 0.6) is 0 Å². The lowest BCUT2D eigenvalue weighted by Crippen LogP contribution is -2.13. The van der Waals surface area contributed by atoms with E-state index in [4.69, 9.17) is 5.10 Å². The topological polar surface area (TPSA) is 76.0 Å². The molecule has 2 aromatic carbocycles. The monoisotopic (exact) mass is 430 g/mol. The fourth-order valence-electron chi connectivity index (χ4n) is 3.26. The van der Waals surface area contributed by atoms with Crippen molar-refractivity contribution in [3.05, 3.63) is 88.9 Å². The summed E-state index contributed by atoms with van der Waals surface area (Å²) in [4.78, 5) is 25.5. The van der Waals surface area contributed by atoms with Crippen molar-refractivity contribution in [2.24, 2.45) is 0 Å². The van der Waals surface area contributed by atoms with E-state index in [-0.39, 0.29) is 11.8 Å². The van der Waals surface area contributed by atoms with E-state index in [0.717, 1.165) is 16.0 Å². The lowest BCUT2D eigenvalue weighted by atomic mass is 10.1. The summed E-state index contributed by atoms with van der Waals surface area (Å²) in [5.41, 5.74) is 4.45. The van der Waals surface area contributed by atoms with Crippen molar-refractivity contribution in [3.63, 3.8) is 0 Å². The van der Waals surface area contributed by atoms with Gasteiger partial charge in [-0.1, -0.05) is 42.5 Å². The minimum Gasteiger partial charge on any atom is -0.326 e. The minimum absolute atomic E-state index is 0.159. The SMILES string of the molecule is CC(=O)Nc1cc(NC(=O)c2cn(Cc3ccccc3)nc2-c2cccs2)ccc1C. The number of nitrogens with zero attached hydrogens (tertiary/aromatic N) is 2. The minimum atomic E-state index is -0.250. The highest BCUT2D eigenvalue weighted by molar-refractivity contribution is 7.13. The van der Waals surface area contributed by atoms with Gasteiger partial charge in [0.05, 0.1) is 17.0 Å². The average molecular weight is 431 g/mol. The Bertz CT molecular complexity index is 1210. The fraction of sp³-hybridized carbons (Fsp3) is 0.125. The third kappa shape index (κ3) is 4.90. The third-order valence-corrected chi connectivity index (χ3v) is 5.63. The van der Waals surface area contributed by atoms with Gasteiger partial charge >= 0.3 is 0 Å². The molecule has 0 aliphatic rings. The Morgan fingerprint density at radius 2 is 1.84 bits per heavy atom. The van der Waals surface area contributed by atoms with Gasteiger partial charge in [0.2, 0.25) is 5.91 Å². The maximum absolute atomic E-state index is 13.2. The molecule has 0 saturated heterocycles. The number of rotatable bonds is 6. The standard InChI is InChI=1S/C24H22N4O2S/c1-16-10-11-19(13-21(16)25-17(2)29)26-24(30)20-15-28(14-18-7-4-3-5-8-18)27-23(20)22-9-6-12-31-22/h3-13,15H,14H2,1-2H3,(H,25,29)(H,26,30). The van der Waals surface area contributed by atoms with Crippen LogP contribution in [0.15, 0.2) is 72.2 Å². The Kier molecular flexibility index (Phi) is 5.95. The molecule has 0 saturated carbocycles. The molecule has 2 aromatic heterocycles. The highest BCUT2D eigenvalue weighted by atomic mass is 32.1. The molecule has 0 bridgehead atoms. The predicted molar refractivity (Wildman–Crippen MR) is 125 cm³/mol. The van der Waals surface area contributed by atoms with E-state index in [1.807, 2.05) is 66.9 Å². The number of aryl methyl sites for hydroxylation is 1. The lowest BCUT2D eigenvalue weighted by Gasteiger charge is -2.10. The van der Waals surface area contributed by atoms with Gasteiger partial charge in [0.1, 0.15) is 5.69 Å². The van der Waals surface area contributed by atoms with Crippen molar-refractivity contribution in [1.29, 1.82) is 0 Å². The van der Waals surface area contributed by atoms with Gasteiger partial charge in [-0.25, -0.2) is 0 Å². The number of nitrogens with one attached hydrogen (secondary N) is 2. The van der Waals surface area contributed by atoms with Crippen molar-refractivity contribution in [2.75, 3.05) is 10.6 Å². The van der Waals surface area contributed by atoms with Crippen LogP contribution in [0.2, 0.25) is 0 Å². The van der Waals surface area contributed by atoms with Gasteiger partial charge in [-0.15, -0.1) is 11.3 Å². The summed E-state index contributed by atoms with van der Waals surface area (Å²) < 4.78 is 1.79. The van der Waals surface area contributed by atoms with E-state index >= 15 is 0 Å². The lowest BCUT2D eigenvalue weighted by molar-refractivity contribution is -0.114. The van der Waals surface area contributed by atoms with Crippen molar-refractivity contribution in [1.82, 2.24) is 9.78 Å². The van der Waals surface area contributed by atoms with Crippen molar-refractivity contribution >= 4 is 34.5 Å². The molecule has 31 heavy (non-hydrogen) atoms. The number of anilines is 2. The summed E-state index contributed by atoms with van der Waals surface area (Å²) in [6, 6.07) is 19.3. The Balaban J connectivity index is 1.63. The number of amides is 2. The van der Waals surface area contributed by atoms with Crippen LogP contribution in [0.3, 0.4) is 0 Å². The van der Waals surface area contributed by atoms with Crippen LogP contribution in [0, 0.1) is 6.92 Å². The second kappa shape index (κ2) is 8.97. The Labute approximate surface area is 184 Å². The molecule has 4 aromatic rings. The zero-order valence-electron chi connectivity index (χ0n) is 17.3. The van der Waals surface area contributed by atoms with Gasteiger partial charge in [-0.3, -0.25) is 14.3 Å². The first kappa shape index (κ1) is 20.6. The van der Waals surface area contributed by atoms with Gasteiger partial charge in [-0.2, -0.15) is 5.10 Å². The molecule has 6 nitrogen and oxygen atoms in total. The summed E-state index contributed by atoms with van der Waals surface area (Å²) in [5, 5.41) is 12.4. The number of hydrogen-bond acceptors (Lipinski definition) is 4. The molecule has 156 valence electrons. The van der Waals surface area contributed by atoms with E-state index in [2.05, 4.69) is 10.6 Å². The highest BCUT2D eigenvalue weighted by Crippen LogP contribution is 2.28. The van der Waals surface area contributed by atoms with Crippen LogP contribution in [0.1, 0.15) is 28.4 Å². The molecule has 0 aliphatic carbocycles. The molecule has 7 heteroatoms. The Morgan fingerprint density at radius 1 is 1.03 bits per heavy atom. The van der Waals surface area contributed by atoms with E-state index in [1.54, 1.807) is 28.3 Å². The van der Waals surface area contributed by atoms with Crippen LogP contribution >= 0.6 is 11.3 Å². The maximum Gasteiger partial charge on any atom is 0.259 e. The maximum atomic E-state index is 13.2. The van der Waals surface area contributed by atoms with Crippen molar-refractivity contribution < 1.29 is 9.59 Å². The molecular formula is C24H22N4O2S. The number of aromatic nitrogens is 2. The molecule has 2 N–H and O–H groups in total. The van der Waals surface area contributed by atoms with Crippen LogP contribution in [-0.2, 0) is 11.3 Å². The van der Waals surface area contributed by atoms with E-state index in [0.29, 0.717) is 29.2 Å². The molecule has 4 rings (SSSR count). The van der Waals surface area contributed by atoms with E-state index in [9.17, 15) is 9.59 Å². The van der Waals surface area contributed by atoms with Crippen LogP contribution in [0.25, 0.3) is 10.6 Å². The molecule has 2 heterocycles. The molecule has 0 fully saturated rings. The largest absolute Gasteiger partial charge is 0.326 e. The van der Waals surface area contributed by atoms with Gasteiger partial charge < -0.3 is 10.6 Å². The Hall–Kier alpha value is -3.71. The summed E-state index contributed by atoms with van der Waals surface area (Å²) in [7, 11) is 0. The van der Waals surface area contributed by atoms with Gasteiger partial charge in [-0.05, 0) is 41.6 Å². The second-order valence-corrected chi connectivity index (χ2v) is 8.16. The summed E-state index contributed by atoms with van der Waals surface area (Å²) in [5.74, 6) is -0.408. The summed E-state index contributed by atoms with van der Waals surface area (Å²) in [6.07, 6.45) is 1.78. The first-order chi connectivity index (χ1) is 15.0. The van der Waals surface area contributed by atoms with Crippen molar-refractivity contribution in [3.8, 4) is 10.6 Å². The van der Waals surface area contributed by atoms with Crippen LogP contribution in [-0.4, -0.2) is 21.6 Å².